The first-order valence-corrected chi connectivity index (χ1v) is 5.85. The Balaban J connectivity index is 2.36. The largest absolute Gasteiger partial charge is 0.478 e. The average Bonchev–Trinajstić information content (AvgIpc) is 2.79. The van der Waals surface area contributed by atoms with Gasteiger partial charge in [0.25, 0.3) is 0 Å². The van der Waals surface area contributed by atoms with Crippen LogP contribution in [0.1, 0.15) is 15.9 Å². The smallest absolute Gasteiger partial charge is 0.337 e. The molecule has 2 N–H and O–H groups in total. The minimum Gasteiger partial charge on any atom is -0.478 e. The van der Waals surface area contributed by atoms with Gasteiger partial charge in [-0.2, -0.15) is 0 Å². The van der Waals surface area contributed by atoms with E-state index in [2.05, 4.69) is 28.6 Å². The van der Waals surface area contributed by atoms with Crippen molar-refractivity contribution in [2.45, 2.75) is 6.92 Å². The van der Waals surface area contributed by atoms with Crippen LogP contribution in [0.25, 0.3) is 5.70 Å². The fourth-order valence-corrected chi connectivity index (χ4v) is 1.63. The summed E-state index contributed by atoms with van der Waals surface area (Å²) in [6.07, 6.45) is 6.25. The highest BCUT2D eigenvalue weighted by atomic mass is 16.4. The third kappa shape index (κ3) is 2.59. The van der Waals surface area contributed by atoms with Crippen LogP contribution in [0.15, 0.2) is 43.9 Å². The zero-order valence-electron chi connectivity index (χ0n) is 11.0. The van der Waals surface area contributed by atoms with E-state index in [4.69, 9.17) is 5.11 Å². The normalized spacial score (nSPS) is 10.1. The molecule has 2 rings (SSSR count). The molecule has 102 valence electrons. The maximum absolute atomic E-state index is 11.1. The SMILES string of the molecule is C=CC(=C)n1cc(C)c(Nc2cnccc2C(=O)O)n1. The standard InChI is InChI=1S/C14H14N4O2/c1-4-10(3)18-8-9(2)13(17-18)16-12-7-15-6-5-11(12)14(19)20/h4-8H,1,3H2,2H3,(H,16,17)(H,19,20). The highest BCUT2D eigenvalue weighted by Crippen LogP contribution is 2.22. The van der Waals surface area contributed by atoms with Crippen LogP contribution in [0, 0.1) is 6.92 Å². The van der Waals surface area contributed by atoms with Crippen LogP contribution >= 0.6 is 0 Å². The molecule has 0 amide bonds. The lowest BCUT2D eigenvalue weighted by Gasteiger charge is -2.07. The minimum absolute atomic E-state index is 0.136. The maximum Gasteiger partial charge on any atom is 0.337 e. The van der Waals surface area contributed by atoms with Crippen molar-refractivity contribution in [2.75, 3.05) is 5.32 Å². The van der Waals surface area contributed by atoms with Crippen molar-refractivity contribution in [2.24, 2.45) is 0 Å². The van der Waals surface area contributed by atoms with Crippen molar-refractivity contribution in [3.8, 4) is 0 Å². The van der Waals surface area contributed by atoms with Gasteiger partial charge in [0.1, 0.15) is 0 Å². The van der Waals surface area contributed by atoms with E-state index in [9.17, 15) is 4.79 Å². The van der Waals surface area contributed by atoms with Gasteiger partial charge in [0.05, 0.1) is 23.1 Å². The second kappa shape index (κ2) is 5.40. The predicted octanol–water partition coefficient (Wildman–Crippen LogP) is 2.69. The van der Waals surface area contributed by atoms with Crippen LogP contribution in [0.2, 0.25) is 0 Å². The molecule has 0 bridgehead atoms. The fraction of sp³-hybridized carbons (Fsp3) is 0.0714. The van der Waals surface area contributed by atoms with Crippen molar-refractivity contribution in [3.05, 3.63) is 55.0 Å². The first kappa shape index (κ1) is 13.5. The number of hydrogen-bond donors (Lipinski definition) is 2. The van der Waals surface area contributed by atoms with Gasteiger partial charge in [-0.05, 0) is 19.1 Å². The van der Waals surface area contributed by atoms with Crippen molar-refractivity contribution >= 4 is 23.2 Å². The van der Waals surface area contributed by atoms with Gasteiger partial charge in [0.2, 0.25) is 0 Å². The Hall–Kier alpha value is -2.89. The second-order valence-electron chi connectivity index (χ2n) is 4.15. The first-order chi connectivity index (χ1) is 9.52. The Labute approximate surface area is 116 Å². The van der Waals surface area contributed by atoms with Gasteiger partial charge in [-0.3, -0.25) is 4.98 Å². The van der Waals surface area contributed by atoms with Gasteiger partial charge in [-0.25, -0.2) is 9.48 Å². The van der Waals surface area contributed by atoms with E-state index in [1.807, 2.05) is 6.92 Å². The summed E-state index contributed by atoms with van der Waals surface area (Å²) in [4.78, 5) is 15.1. The van der Waals surface area contributed by atoms with Crippen LogP contribution < -0.4 is 5.32 Å². The summed E-state index contributed by atoms with van der Waals surface area (Å²) in [6.45, 7) is 9.29. The molecule has 6 nitrogen and oxygen atoms in total. The van der Waals surface area contributed by atoms with E-state index in [-0.39, 0.29) is 5.56 Å². The summed E-state index contributed by atoms with van der Waals surface area (Å²) in [5, 5.41) is 16.4. The molecule has 0 spiro atoms. The Morgan fingerprint density at radius 2 is 2.30 bits per heavy atom. The number of rotatable bonds is 5. The zero-order chi connectivity index (χ0) is 14.7. The van der Waals surface area contributed by atoms with Gasteiger partial charge >= 0.3 is 5.97 Å². The van der Waals surface area contributed by atoms with Gasteiger partial charge in [-0.15, -0.1) is 5.10 Å². The number of anilines is 2. The number of aromatic carboxylic acids is 1. The highest BCUT2D eigenvalue weighted by Gasteiger charge is 2.12. The van der Waals surface area contributed by atoms with Crippen LogP contribution in [0.5, 0.6) is 0 Å². The van der Waals surface area contributed by atoms with E-state index in [1.54, 1.807) is 17.0 Å². The summed E-state index contributed by atoms with van der Waals surface area (Å²) < 4.78 is 1.57. The van der Waals surface area contributed by atoms with Crippen LogP contribution in [0.4, 0.5) is 11.5 Å². The monoisotopic (exact) mass is 270 g/mol. The number of pyridine rings is 1. The molecule has 0 unspecified atom stereocenters. The number of aryl methyl sites for hydroxylation is 1. The molecule has 0 aliphatic rings. The molecule has 2 aromatic rings. The van der Waals surface area contributed by atoms with Crippen LogP contribution in [-0.4, -0.2) is 25.8 Å². The molecule has 6 heteroatoms. The number of aromatic nitrogens is 3. The van der Waals surface area contributed by atoms with E-state index in [0.717, 1.165) is 5.56 Å². The van der Waals surface area contributed by atoms with E-state index < -0.39 is 5.97 Å². The molecule has 0 saturated heterocycles. The van der Waals surface area contributed by atoms with Crippen molar-refractivity contribution < 1.29 is 9.90 Å². The topological polar surface area (TPSA) is 80.0 Å². The van der Waals surface area contributed by atoms with E-state index in [0.29, 0.717) is 17.2 Å². The average molecular weight is 270 g/mol. The summed E-state index contributed by atoms with van der Waals surface area (Å²) in [6, 6.07) is 1.43. The number of hydrogen-bond acceptors (Lipinski definition) is 4. The Morgan fingerprint density at radius 1 is 1.55 bits per heavy atom. The van der Waals surface area contributed by atoms with Crippen LogP contribution in [-0.2, 0) is 0 Å². The van der Waals surface area contributed by atoms with Gasteiger partial charge in [0.15, 0.2) is 5.82 Å². The van der Waals surface area contributed by atoms with Crippen molar-refractivity contribution in [3.63, 3.8) is 0 Å². The summed E-state index contributed by atoms with van der Waals surface area (Å²) in [7, 11) is 0. The predicted molar refractivity (Wildman–Crippen MR) is 77.0 cm³/mol. The summed E-state index contributed by atoms with van der Waals surface area (Å²) >= 11 is 0. The molecule has 2 heterocycles. The molecule has 0 atom stereocenters. The summed E-state index contributed by atoms with van der Waals surface area (Å²) in [5.41, 5.74) is 2.01. The van der Waals surface area contributed by atoms with E-state index in [1.165, 1.54) is 18.5 Å². The van der Waals surface area contributed by atoms with Gasteiger partial charge < -0.3 is 10.4 Å². The number of carboxylic acid groups (broad SMARTS) is 1. The Bertz CT molecular complexity index is 688. The molecule has 0 fully saturated rings. The lowest BCUT2D eigenvalue weighted by Crippen LogP contribution is -2.04. The molecule has 0 saturated carbocycles. The number of carbonyl (C=O) groups is 1. The lowest BCUT2D eigenvalue weighted by atomic mass is 10.2. The molecule has 0 aliphatic heterocycles. The number of nitrogens with zero attached hydrogens (tertiary/aromatic N) is 3. The van der Waals surface area contributed by atoms with Crippen molar-refractivity contribution in [1.82, 2.24) is 14.8 Å². The molecule has 0 radical (unpaired) electrons. The lowest BCUT2D eigenvalue weighted by molar-refractivity contribution is 0.0698. The van der Waals surface area contributed by atoms with Crippen molar-refractivity contribution in [1.29, 1.82) is 0 Å². The number of carboxylic acids is 1. The summed E-state index contributed by atoms with van der Waals surface area (Å²) in [5.74, 6) is -0.481. The number of nitrogens with one attached hydrogen (secondary N) is 1. The Kier molecular flexibility index (Phi) is 3.65. The number of allylic oxidation sites excluding steroid dienone is 2. The first-order valence-electron chi connectivity index (χ1n) is 5.85. The molecule has 20 heavy (non-hydrogen) atoms. The molecule has 0 aliphatic carbocycles. The second-order valence-corrected chi connectivity index (χ2v) is 4.15. The molecule has 0 aromatic carbocycles. The molecular weight excluding hydrogens is 256 g/mol. The zero-order valence-corrected chi connectivity index (χ0v) is 11.0. The fourth-order valence-electron chi connectivity index (χ4n) is 1.63. The highest BCUT2D eigenvalue weighted by molar-refractivity contribution is 5.94. The minimum atomic E-state index is -1.03. The third-order valence-electron chi connectivity index (χ3n) is 2.73. The third-order valence-corrected chi connectivity index (χ3v) is 2.73. The van der Waals surface area contributed by atoms with E-state index >= 15 is 0 Å². The van der Waals surface area contributed by atoms with Gasteiger partial charge in [-0.1, -0.05) is 13.2 Å². The Morgan fingerprint density at radius 3 is 2.95 bits per heavy atom. The molecular formula is C14H14N4O2. The molecule has 2 aromatic heterocycles. The van der Waals surface area contributed by atoms with Crippen LogP contribution in [0.3, 0.4) is 0 Å². The van der Waals surface area contributed by atoms with Gasteiger partial charge in [0, 0.05) is 18.0 Å². The quantitative estimate of drug-likeness (QED) is 0.816. The maximum atomic E-state index is 11.1.